The van der Waals surface area contributed by atoms with Gasteiger partial charge in [0.15, 0.2) is 0 Å². The molecule has 0 saturated carbocycles. The Labute approximate surface area is 130 Å². The maximum absolute atomic E-state index is 9.87. The van der Waals surface area contributed by atoms with E-state index in [0.717, 1.165) is 26.4 Å². The van der Waals surface area contributed by atoms with E-state index in [1.807, 2.05) is 13.8 Å². The highest BCUT2D eigenvalue weighted by atomic mass is 16.5. The van der Waals surface area contributed by atoms with Crippen LogP contribution in [0.25, 0.3) is 0 Å². The van der Waals surface area contributed by atoms with E-state index in [1.54, 1.807) is 0 Å². The minimum absolute atomic E-state index is 0.312. The van der Waals surface area contributed by atoms with Crippen LogP contribution in [0.4, 0.5) is 0 Å². The molecule has 0 aromatic heterocycles. The van der Waals surface area contributed by atoms with Crippen molar-refractivity contribution < 1.29 is 38.9 Å². The Morgan fingerprint density at radius 2 is 1.00 bits per heavy atom. The average molecular weight is 322 g/mol. The Bertz CT molecular complexity index is 269. The van der Waals surface area contributed by atoms with Crippen molar-refractivity contribution in [1.29, 1.82) is 0 Å². The number of aliphatic carboxylic acids is 2. The molecule has 0 unspecified atom stereocenters. The molecule has 8 heteroatoms. The minimum Gasteiger partial charge on any atom is -0.481 e. The van der Waals surface area contributed by atoms with E-state index in [-0.39, 0.29) is 24.4 Å². The third-order valence-electron chi connectivity index (χ3n) is 1.58. The highest BCUT2D eigenvalue weighted by Crippen LogP contribution is 1.78. The fraction of sp³-hybridized carbons (Fsp3) is 0.714. The molecule has 2 N–H and O–H groups in total. The third kappa shape index (κ3) is 42.9. The van der Waals surface area contributed by atoms with Gasteiger partial charge in [-0.05, 0) is 27.7 Å². The molecule has 0 amide bonds. The van der Waals surface area contributed by atoms with Gasteiger partial charge in [0.1, 0.15) is 24.4 Å². The maximum atomic E-state index is 9.87. The predicted octanol–water partition coefficient (Wildman–Crippen LogP) is 1.16. The number of carbonyl (C=O) groups excluding carboxylic acids is 2. The highest BCUT2D eigenvalue weighted by molar-refractivity contribution is 5.93. The summed E-state index contributed by atoms with van der Waals surface area (Å²) in [5.74, 6) is -2.75. The topological polar surface area (TPSA) is 127 Å². The van der Waals surface area contributed by atoms with Gasteiger partial charge in [-0.3, -0.25) is 19.2 Å². The van der Waals surface area contributed by atoms with Crippen molar-refractivity contribution in [2.24, 2.45) is 0 Å². The Morgan fingerprint density at radius 1 is 0.727 bits per heavy atom. The standard InChI is InChI=1S/C6H14O2.2C4H6O3/c1-3-7-5-6-8-4-2;2*1-3(5)2-4(6)7/h3-6H2,1-2H3;2*2H2,1H3,(H,6,7). The van der Waals surface area contributed by atoms with E-state index in [9.17, 15) is 19.2 Å². The van der Waals surface area contributed by atoms with Gasteiger partial charge >= 0.3 is 11.9 Å². The Balaban J connectivity index is -0.000000247. The SMILES string of the molecule is CC(=O)CC(=O)O.CC(=O)CC(=O)O.CCOCCOCC. The summed E-state index contributed by atoms with van der Waals surface area (Å²) in [5.41, 5.74) is 0. The minimum atomic E-state index is -1.06. The maximum Gasteiger partial charge on any atom is 0.310 e. The summed E-state index contributed by atoms with van der Waals surface area (Å²) in [4.78, 5) is 38.9. The van der Waals surface area contributed by atoms with Gasteiger partial charge < -0.3 is 19.7 Å². The van der Waals surface area contributed by atoms with Crippen molar-refractivity contribution in [2.45, 2.75) is 40.5 Å². The Hall–Kier alpha value is -1.80. The van der Waals surface area contributed by atoms with E-state index in [1.165, 1.54) is 13.8 Å². The molecule has 8 nitrogen and oxygen atoms in total. The molecule has 0 rings (SSSR count). The summed E-state index contributed by atoms with van der Waals surface area (Å²) in [6.07, 6.45) is -0.722. The summed E-state index contributed by atoms with van der Waals surface area (Å²) in [5, 5.41) is 15.7. The van der Waals surface area contributed by atoms with Crippen molar-refractivity contribution >= 4 is 23.5 Å². The lowest BCUT2D eigenvalue weighted by Gasteiger charge is -1.99. The number of carboxylic acids is 2. The first-order valence-electron chi connectivity index (χ1n) is 6.75. The van der Waals surface area contributed by atoms with Crippen LogP contribution in [-0.4, -0.2) is 60.1 Å². The molecule has 0 fully saturated rings. The number of Topliss-reactive ketones (excluding diaryl/α,β-unsaturated/α-hetero) is 2. The van der Waals surface area contributed by atoms with Gasteiger partial charge in [-0.25, -0.2) is 0 Å². The highest BCUT2D eigenvalue weighted by Gasteiger charge is 1.98. The number of hydrogen-bond donors (Lipinski definition) is 2. The summed E-state index contributed by atoms with van der Waals surface area (Å²) in [6, 6.07) is 0. The van der Waals surface area contributed by atoms with E-state index in [2.05, 4.69) is 0 Å². The van der Waals surface area contributed by atoms with E-state index in [0.29, 0.717) is 0 Å². The molecule has 0 saturated heterocycles. The number of ether oxygens (including phenoxy) is 2. The first-order valence-corrected chi connectivity index (χ1v) is 6.75. The monoisotopic (exact) mass is 322 g/mol. The largest absolute Gasteiger partial charge is 0.481 e. The van der Waals surface area contributed by atoms with E-state index >= 15 is 0 Å². The fourth-order valence-corrected chi connectivity index (χ4v) is 0.832. The second-order valence-electron chi connectivity index (χ2n) is 3.94. The van der Waals surface area contributed by atoms with Crippen LogP contribution in [0.2, 0.25) is 0 Å². The summed E-state index contributed by atoms with van der Waals surface area (Å²) < 4.78 is 10.0. The summed E-state index contributed by atoms with van der Waals surface area (Å²) in [7, 11) is 0. The van der Waals surface area contributed by atoms with Crippen molar-refractivity contribution in [2.75, 3.05) is 26.4 Å². The molecule has 0 radical (unpaired) electrons. The van der Waals surface area contributed by atoms with Gasteiger partial charge in [0.05, 0.1) is 13.2 Å². The molecule has 0 spiro atoms. The van der Waals surface area contributed by atoms with Gasteiger partial charge in [-0.2, -0.15) is 0 Å². The zero-order valence-corrected chi connectivity index (χ0v) is 13.6. The number of rotatable bonds is 9. The smallest absolute Gasteiger partial charge is 0.310 e. The number of hydrogen-bond acceptors (Lipinski definition) is 6. The van der Waals surface area contributed by atoms with Crippen LogP contribution in [0.1, 0.15) is 40.5 Å². The average Bonchev–Trinajstić information content (AvgIpc) is 2.33. The summed E-state index contributed by atoms with van der Waals surface area (Å²) in [6.45, 7) is 9.47. The zero-order valence-electron chi connectivity index (χ0n) is 13.6. The molecule has 0 bridgehead atoms. The van der Waals surface area contributed by atoms with Crippen LogP contribution in [0.3, 0.4) is 0 Å². The molecule has 0 heterocycles. The van der Waals surface area contributed by atoms with Gasteiger partial charge in [0.25, 0.3) is 0 Å². The van der Waals surface area contributed by atoms with Gasteiger partial charge in [0, 0.05) is 13.2 Å². The van der Waals surface area contributed by atoms with Gasteiger partial charge in [0.2, 0.25) is 0 Å². The quantitative estimate of drug-likeness (QED) is 0.478. The molecule has 22 heavy (non-hydrogen) atoms. The van der Waals surface area contributed by atoms with Gasteiger partial charge in [-0.1, -0.05) is 0 Å². The van der Waals surface area contributed by atoms with Crippen LogP contribution in [0, 0.1) is 0 Å². The third-order valence-corrected chi connectivity index (χ3v) is 1.58. The lowest BCUT2D eigenvalue weighted by atomic mass is 10.3. The van der Waals surface area contributed by atoms with E-state index < -0.39 is 11.9 Å². The van der Waals surface area contributed by atoms with Crippen molar-refractivity contribution in [3.63, 3.8) is 0 Å². The predicted molar refractivity (Wildman–Crippen MR) is 78.9 cm³/mol. The van der Waals surface area contributed by atoms with Crippen LogP contribution >= 0.6 is 0 Å². The molecule has 0 aromatic rings. The van der Waals surface area contributed by atoms with Crippen molar-refractivity contribution in [3.05, 3.63) is 0 Å². The first kappa shape index (κ1) is 25.2. The lowest BCUT2D eigenvalue weighted by molar-refractivity contribution is -0.141. The van der Waals surface area contributed by atoms with Crippen LogP contribution in [-0.2, 0) is 28.7 Å². The van der Waals surface area contributed by atoms with Crippen molar-refractivity contribution in [3.8, 4) is 0 Å². The first-order chi connectivity index (χ1) is 10.2. The van der Waals surface area contributed by atoms with Crippen LogP contribution in [0.15, 0.2) is 0 Å². The Kier molecular flexibility index (Phi) is 22.0. The number of ketones is 2. The lowest BCUT2D eigenvalue weighted by Crippen LogP contribution is -2.02. The summed E-state index contributed by atoms with van der Waals surface area (Å²) >= 11 is 0. The molecule has 0 atom stereocenters. The molecular formula is C14H26O8. The number of carbonyl (C=O) groups is 4. The fourth-order valence-electron chi connectivity index (χ4n) is 0.832. The molecule has 0 aliphatic carbocycles. The van der Waals surface area contributed by atoms with Crippen LogP contribution in [0.5, 0.6) is 0 Å². The number of carboxylic acid groups (broad SMARTS) is 2. The second-order valence-corrected chi connectivity index (χ2v) is 3.94. The molecule has 130 valence electrons. The van der Waals surface area contributed by atoms with Crippen LogP contribution < -0.4 is 0 Å². The zero-order chi connectivity index (χ0) is 18.0. The van der Waals surface area contributed by atoms with Crippen molar-refractivity contribution in [1.82, 2.24) is 0 Å². The molecular weight excluding hydrogens is 296 g/mol. The van der Waals surface area contributed by atoms with E-state index in [4.69, 9.17) is 19.7 Å². The normalized spacial score (nSPS) is 8.73. The molecule has 0 aromatic carbocycles. The molecule has 0 aliphatic heterocycles. The molecule has 0 aliphatic rings. The Morgan fingerprint density at radius 3 is 1.09 bits per heavy atom. The second kappa shape index (κ2) is 19.2. The van der Waals surface area contributed by atoms with Gasteiger partial charge in [-0.15, -0.1) is 0 Å².